The Morgan fingerprint density at radius 1 is 1.22 bits per heavy atom. The van der Waals surface area contributed by atoms with E-state index in [2.05, 4.69) is 20.2 Å². The summed E-state index contributed by atoms with van der Waals surface area (Å²) in [6.45, 7) is 6.33. The molecule has 1 atom stereocenters. The molecule has 2 aromatic rings. The van der Waals surface area contributed by atoms with Crippen LogP contribution in [0, 0.1) is 5.82 Å². The summed E-state index contributed by atoms with van der Waals surface area (Å²) in [6, 6.07) is 8.16. The summed E-state index contributed by atoms with van der Waals surface area (Å²) in [5, 5.41) is 2.96. The number of hydrogen-bond donors (Lipinski definition) is 2. The third kappa shape index (κ3) is 4.80. The quantitative estimate of drug-likeness (QED) is 0.816. The van der Waals surface area contributed by atoms with Crippen LogP contribution in [0.5, 0.6) is 0 Å². The van der Waals surface area contributed by atoms with Crippen molar-refractivity contribution in [3.63, 3.8) is 0 Å². The molecule has 1 aliphatic heterocycles. The highest BCUT2D eigenvalue weighted by atomic mass is 19.1. The van der Waals surface area contributed by atoms with Gasteiger partial charge in [-0.2, -0.15) is 0 Å². The number of rotatable bonds is 6. The first-order valence-electron chi connectivity index (χ1n) is 9.36. The van der Waals surface area contributed by atoms with E-state index in [1.165, 1.54) is 12.1 Å². The smallest absolute Gasteiger partial charge is 0.270 e. The van der Waals surface area contributed by atoms with Gasteiger partial charge in [0.25, 0.3) is 5.91 Å². The van der Waals surface area contributed by atoms with Crippen LogP contribution >= 0.6 is 0 Å². The van der Waals surface area contributed by atoms with Gasteiger partial charge in [-0.1, -0.05) is 26.0 Å². The average molecular weight is 371 g/mol. The van der Waals surface area contributed by atoms with E-state index in [9.17, 15) is 9.18 Å². The van der Waals surface area contributed by atoms with E-state index in [0.717, 1.165) is 37.2 Å². The van der Waals surface area contributed by atoms with Crippen LogP contribution in [0.3, 0.4) is 0 Å². The molecule has 0 saturated carbocycles. The van der Waals surface area contributed by atoms with Crippen LogP contribution in [0.4, 0.5) is 10.3 Å². The number of nitrogens with two attached hydrogens (primary N) is 1. The molecule has 27 heavy (non-hydrogen) atoms. The van der Waals surface area contributed by atoms with Crippen LogP contribution in [-0.4, -0.2) is 40.4 Å². The molecule has 1 amide bonds. The Balaban J connectivity index is 1.75. The highest BCUT2D eigenvalue weighted by Crippen LogP contribution is 2.25. The molecule has 1 aromatic heterocycles. The number of aromatic nitrogens is 2. The molecular weight excluding hydrogens is 345 g/mol. The molecule has 2 heterocycles. The van der Waals surface area contributed by atoms with E-state index in [1.807, 2.05) is 13.8 Å². The van der Waals surface area contributed by atoms with E-state index in [4.69, 9.17) is 5.73 Å². The van der Waals surface area contributed by atoms with Crippen molar-refractivity contribution in [1.82, 2.24) is 20.2 Å². The van der Waals surface area contributed by atoms with Crippen molar-refractivity contribution in [3.8, 4) is 0 Å². The van der Waals surface area contributed by atoms with Crippen LogP contribution < -0.4 is 11.1 Å². The van der Waals surface area contributed by atoms with Gasteiger partial charge in [0.2, 0.25) is 5.95 Å². The first-order chi connectivity index (χ1) is 12.9. The van der Waals surface area contributed by atoms with Gasteiger partial charge >= 0.3 is 0 Å². The van der Waals surface area contributed by atoms with Crippen molar-refractivity contribution in [2.45, 2.75) is 38.6 Å². The molecule has 1 unspecified atom stereocenters. The molecule has 6 nitrogen and oxygen atoms in total. The van der Waals surface area contributed by atoms with Gasteiger partial charge in [0.1, 0.15) is 11.5 Å². The van der Waals surface area contributed by atoms with Gasteiger partial charge in [0.05, 0.1) is 6.04 Å². The number of benzene rings is 1. The predicted molar refractivity (Wildman–Crippen MR) is 103 cm³/mol. The maximum absolute atomic E-state index is 13.3. The third-order valence-electron chi connectivity index (χ3n) is 4.88. The summed E-state index contributed by atoms with van der Waals surface area (Å²) in [4.78, 5) is 23.2. The second-order valence-corrected chi connectivity index (χ2v) is 7.21. The third-order valence-corrected chi connectivity index (χ3v) is 4.88. The minimum atomic E-state index is -0.280. The highest BCUT2D eigenvalue weighted by Gasteiger charge is 2.24. The first kappa shape index (κ1) is 19.2. The molecule has 0 aliphatic carbocycles. The molecule has 1 saturated heterocycles. The summed E-state index contributed by atoms with van der Waals surface area (Å²) in [5.41, 5.74) is 7.75. The molecular formula is C20H26FN5O. The summed E-state index contributed by atoms with van der Waals surface area (Å²) in [6.07, 6.45) is 2.26. The van der Waals surface area contributed by atoms with Gasteiger partial charge < -0.3 is 11.1 Å². The topological polar surface area (TPSA) is 84.1 Å². The number of nitrogens with one attached hydrogen (secondary N) is 1. The number of hydrogen-bond acceptors (Lipinski definition) is 5. The summed E-state index contributed by atoms with van der Waals surface area (Å²) < 4.78 is 13.3. The van der Waals surface area contributed by atoms with Gasteiger partial charge in [-0.3, -0.25) is 9.69 Å². The Morgan fingerprint density at radius 2 is 1.89 bits per heavy atom. The second-order valence-electron chi connectivity index (χ2n) is 7.21. The van der Waals surface area contributed by atoms with Gasteiger partial charge in [-0.15, -0.1) is 0 Å². The minimum Gasteiger partial charge on any atom is -0.368 e. The number of nitrogens with zero attached hydrogens (tertiary/aromatic N) is 3. The molecule has 0 spiro atoms. The number of carbonyl (C=O) groups is 1. The second kappa shape index (κ2) is 8.43. The molecule has 144 valence electrons. The monoisotopic (exact) mass is 371 g/mol. The van der Waals surface area contributed by atoms with Crippen molar-refractivity contribution < 1.29 is 9.18 Å². The Bertz CT molecular complexity index is 787. The van der Waals surface area contributed by atoms with Gasteiger partial charge in [0, 0.05) is 12.2 Å². The highest BCUT2D eigenvalue weighted by molar-refractivity contribution is 5.92. The lowest BCUT2D eigenvalue weighted by atomic mass is 10.1. The molecule has 3 rings (SSSR count). The number of likely N-dealkylation sites (tertiary alicyclic amines) is 1. The summed E-state index contributed by atoms with van der Waals surface area (Å²) >= 11 is 0. The van der Waals surface area contributed by atoms with Gasteiger partial charge in [-0.25, -0.2) is 14.4 Å². The maximum Gasteiger partial charge on any atom is 0.270 e. The van der Waals surface area contributed by atoms with Crippen molar-refractivity contribution in [1.29, 1.82) is 0 Å². The minimum absolute atomic E-state index is 0.000744. The number of halogens is 1. The van der Waals surface area contributed by atoms with Gasteiger partial charge in [0.15, 0.2) is 0 Å². The van der Waals surface area contributed by atoms with Crippen LogP contribution in [0.15, 0.2) is 30.3 Å². The Labute approximate surface area is 159 Å². The van der Waals surface area contributed by atoms with E-state index in [-0.39, 0.29) is 35.3 Å². The fourth-order valence-corrected chi connectivity index (χ4v) is 3.37. The lowest BCUT2D eigenvalue weighted by molar-refractivity contribution is 0.0932. The Kier molecular flexibility index (Phi) is 6.01. The van der Waals surface area contributed by atoms with Crippen LogP contribution in [0.2, 0.25) is 0 Å². The summed E-state index contributed by atoms with van der Waals surface area (Å²) in [5.74, 6) is -0.294. The lowest BCUT2D eigenvalue weighted by Crippen LogP contribution is -2.37. The lowest BCUT2D eigenvalue weighted by Gasteiger charge is -2.28. The number of amides is 1. The van der Waals surface area contributed by atoms with Crippen LogP contribution in [0.25, 0.3) is 0 Å². The van der Waals surface area contributed by atoms with Crippen molar-refractivity contribution in [3.05, 3.63) is 53.1 Å². The van der Waals surface area contributed by atoms with Crippen LogP contribution in [0.1, 0.15) is 60.4 Å². The average Bonchev–Trinajstić information content (AvgIpc) is 3.17. The fourth-order valence-electron chi connectivity index (χ4n) is 3.37. The Morgan fingerprint density at radius 3 is 2.52 bits per heavy atom. The van der Waals surface area contributed by atoms with E-state index in [0.29, 0.717) is 6.54 Å². The molecule has 3 N–H and O–H groups in total. The number of anilines is 1. The number of nitrogen functional groups attached to an aromatic ring is 1. The predicted octanol–water partition coefficient (Wildman–Crippen LogP) is 2.89. The van der Waals surface area contributed by atoms with Crippen molar-refractivity contribution in [2.24, 2.45) is 0 Å². The molecule has 0 bridgehead atoms. The largest absolute Gasteiger partial charge is 0.368 e. The van der Waals surface area contributed by atoms with Crippen molar-refractivity contribution in [2.75, 3.05) is 25.4 Å². The van der Waals surface area contributed by atoms with Crippen LogP contribution in [-0.2, 0) is 0 Å². The SMILES string of the molecule is CC(C)c1cc(C(=O)NCC(c2ccc(F)cc2)N2CCCC2)nc(N)n1. The van der Waals surface area contributed by atoms with E-state index >= 15 is 0 Å². The number of carbonyl (C=O) groups excluding carboxylic acids is 1. The Hall–Kier alpha value is -2.54. The maximum atomic E-state index is 13.3. The molecule has 0 radical (unpaired) electrons. The first-order valence-corrected chi connectivity index (χ1v) is 9.36. The molecule has 1 fully saturated rings. The van der Waals surface area contributed by atoms with Gasteiger partial charge in [-0.05, 0) is 55.6 Å². The van der Waals surface area contributed by atoms with Crippen molar-refractivity contribution >= 4 is 11.9 Å². The zero-order valence-electron chi connectivity index (χ0n) is 15.8. The molecule has 1 aliphatic rings. The molecule has 1 aromatic carbocycles. The normalized spacial score (nSPS) is 15.9. The zero-order valence-corrected chi connectivity index (χ0v) is 15.8. The van der Waals surface area contributed by atoms with E-state index < -0.39 is 0 Å². The fraction of sp³-hybridized carbons (Fsp3) is 0.450. The standard InChI is InChI=1S/C20H26FN5O/c1-13(2)16-11-17(25-20(22)24-16)19(27)23-12-18(26-9-3-4-10-26)14-5-7-15(21)8-6-14/h5-8,11,13,18H,3-4,9-10,12H2,1-2H3,(H,23,27)(H2,22,24,25). The zero-order chi connectivity index (χ0) is 19.4. The summed E-state index contributed by atoms with van der Waals surface area (Å²) in [7, 11) is 0. The van der Waals surface area contributed by atoms with E-state index in [1.54, 1.807) is 18.2 Å². The molecule has 7 heteroatoms.